The van der Waals surface area contributed by atoms with Crippen molar-refractivity contribution in [2.24, 2.45) is 17.3 Å². The third-order valence-electron chi connectivity index (χ3n) is 7.45. The molecular formula is C29H43N3O6S. The Morgan fingerprint density at radius 2 is 1.74 bits per heavy atom. The summed E-state index contributed by atoms with van der Waals surface area (Å²) in [6.07, 6.45) is 5.70. The van der Waals surface area contributed by atoms with Crippen molar-refractivity contribution in [1.82, 2.24) is 15.4 Å². The standard InChI is InChI=1S/C29H43N3O6S/c1-29(2,3)24(20-13-9-6-10-14-20)38-28(36)32-39-23(17-19-11-7-5-8-12-19)26(34)31-22(27(35)37-4)18-21-15-16-30-25(21)33/h6,9-10,13-14,19,21-24H,5,7-8,11-12,15-18H2,1-4H3,(H,30,33)(H,31,34)(H,32,36)/t21-,22-,23-,24?/m0/s1. The number of nitrogens with one attached hydrogen (secondary N) is 3. The normalized spacial score (nSPS) is 20.3. The molecule has 3 amide bonds. The number of hydrogen-bond acceptors (Lipinski definition) is 7. The van der Waals surface area contributed by atoms with Gasteiger partial charge in [-0.25, -0.2) is 9.59 Å². The summed E-state index contributed by atoms with van der Waals surface area (Å²) >= 11 is 1.02. The summed E-state index contributed by atoms with van der Waals surface area (Å²) < 4.78 is 13.5. The second-order valence-corrected chi connectivity index (χ2v) is 12.6. The van der Waals surface area contributed by atoms with Crippen molar-refractivity contribution < 1.29 is 28.7 Å². The van der Waals surface area contributed by atoms with Gasteiger partial charge in [-0.3, -0.25) is 14.3 Å². The first-order valence-electron chi connectivity index (χ1n) is 13.9. The number of benzene rings is 1. The lowest BCUT2D eigenvalue weighted by Crippen LogP contribution is -2.47. The van der Waals surface area contributed by atoms with E-state index < -0.39 is 29.5 Å². The van der Waals surface area contributed by atoms with Crippen LogP contribution in [0.1, 0.15) is 83.8 Å². The minimum atomic E-state index is -0.943. The van der Waals surface area contributed by atoms with Crippen LogP contribution in [-0.2, 0) is 23.9 Å². The molecule has 9 nitrogen and oxygen atoms in total. The predicted molar refractivity (Wildman–Crippen MR) is 151 cm³/mol. The van der Waals surface area contributed by atoms with E-state index in [9.17, 15) is 19.2 Å². The zero-order valence-electron chi connectivity index (χ0n) is 23.5. The van der Waals surface area contributed by atoms with Gasteiger partial charge in [0.25, 0.3) is 0 Å². The first-order chi connectivity index (χ1) is 18.6. The first-order valence-corrected chi connectivity index (χ1v) is 14.8. The molecule has 1 heterocycles. The first kappa shape index (κ1) is 30.8. The Morgan fingerprint density at radius 1 is 1.05 bits per heavy atom. The second kappa shape index (κ2) is 14.6. The zero-order valence-corrected chi connectivity index (χ0v) is 24.3. The van der Waals surface area contributed by atoms with E-state index in [2.05, 4.69) is 15.4 Å². The summed E-state index contributed by atoms with van der Waals surface area (Å²) in [6, 6.07) is 8.62. The summed E-state index contributed by atoms with van der Waals surface area (Å²) in [5.41, 5.74) is 0.543. The molecular weight excluding hydrogens is 518 g/mol. The van der Waals surface area contributed by atoms with Gasteiger partial charge >= 0.3 is 12.1 Å². The molecule has 0 radical (unpaired) electrons. The topological polar surface area (TPSA) is 123 Å². The molecule has 3 rings (SSSR count). The molecule has 2 aliphatic rings. The maximum atomic E-state index is 13.5. The highest BCUT2D eigenvalue weighted by molar-refractivity contribution is 7.99. The fourth-order valence-electron chi connectivity index (χ4n) is 5.33. The van der Waals surface area contributed by atoms with Crippen molar-refractivity contribution in [1.29, 1.82) is 0 Å². The lowest BCUT2D eigenvalue weighted by molar-refractivity contribution is -0.145. The van der Waals surface area contributed by atoms with Gasteiger partial charge in [0, 0.05) is 17.9 Å². The number of carbonyl (C=O) groups excluding carboxylic acids is 4. The molecule has 3 N–H and O–H groups in total. The van der Waals surface area contributed by atoms with Crippen molar-refractivity contribution in [2.75, 3.05) is 13.7 Å². The molecule has 1 saturated carbocycles. The molecule has 1 aromatic carbocycles. The molecule has 0 bridgehead atoms. The lowest BCUT2D eigenvalue weighted by atomic mass is 9.84. The van der Waals surface area contributed by atoms with Gasteiger partial charge in [0.2, 0.25) is 11.8 Å². The number of rotatable bonds is 11. The summed E-state index contributed by atoms with van der Waals surface area (Å²) in [7, 11) is 1.26. The van der Waals surface area contributed by atoms with Crippen molar-refractivity contribution >= 4 is 35.8 Å². The van der Waals surface area contributed by atoms with E-state index >= 15 is 0 Å². The van der Waals surface area contributed by atoms with Crippen LogP contribution in [0.25, 0.3) is 0 Å². The van der Waals surface area contributed by atoms with Gasteiger partial charge in [-0.15, -0.1) is 0 Å². The molecule has 1 saturated heterocycles. The smallest absolute Gasteiger partial charge is 0.417 e. The largest absolute Gasteiger partial charge is 0.467 e. The maximum Gasteiger partial charge on any atom is 0.417 e. The average molecular weight is 562 g/mol. The Morgan fingerprint density at radius 3 is 2.33 bits per heavy atom. The van der Waals surface area contributed by atoms with Gasteiger partial charge < -0.3 is 20.1 Å². The highest BCUT2D eigenvalue weighted by atomic mass is 32.2. The Kier molecular flexibility index (Phi) is 11.5. The highest BCUT2D eigenvalue weighted by Gasteiger charge is 2.35. The van der Waals surface area contributed by atoms with Crippen molar-refractivity contribution in [3.05, 3.63) is 35.9 Å². The van der Waals surface area contributed by atoms with Crippen LogP contribution in [-0.4, -0.2) is 48.8 Å². The van der Waals surface area contributed by atoms with Gasteiger partial charge in [-0.2, -0.15) is 0 Å². The minimum Gasteiger partial charge on any atom is -0.467 e. The molecule has 0 spiro atoms. The maximum absolute atomic E-state index is 13.5. The Hall–Kier alpha value is -2.75. The fourth-order valence-corrected chi connectivity index (χ4v) is 6.16. The van der Waals surface area contributed by atoms with Crippen LogP contribution in [0.4, 0.5) is 4.79 Å². The van der Waals surface area contributed by atoms with Crippen LogP contribution >= 0.6 is 11.9 Å². The molecule has 1 aromatic rings. The molecule has 10 heteroatoms. The third kappa shape index (κ3) is 9.44. The summed E-state index contributed by atoms with van der Waals surface area (Å²) in [5, 5.41) is 4.95. The van der Waals surface area contributed by atoms with Crippen molar-refractivity contribution in [2.45, 2.75) is 89.5 Å². The van der Waals surface area contributed by atoms with Crippen molar-refractivity contribution in [3.63, 3.8) is 0 Å². The van der Waals surface area contributed by atoms with E-state index in [1.54, 1.807) is 0 Å². The molecule has 4 atom stereocenters. The Bertz CT molecular complexity index is 977. The number of hydrogen-bond donors (Lipinski definition) is 3. The molecule has 1 aliphatic carbocycles. The van der Waals surface area contributed by atoms with Crippen LogP contribution in [0, 0.1) is 17.3 Å². The Balaban J connectivity index is 1.68. The molecule has 1 unspecified atom stereocenters. The summed E-state index contributed by atoms with van der Waals surface area (Å²) in [4.78, 5) is 51.0. The van der Waals surface area contributed by atoms with Crippen molar-refractivity contribution in [3.8, 4) is 0 Å². The zero-order chi connectivity index (χ0) is 28.4. The Labute approximate surface area is 236 Å². The third-order valence-corrected chi connectivity index (χ3v) is 8.42. The van der Waals surface area contributed by atoms with E-state index in [0.717, 1.165) is 43.2 Å². The van der Waals surface area contributed by atoms with Crippen LogP contribution in [0.3, 0.4) is 0 Å². The lowest BCUT2D eigenvalue weighted by Gasteiger charge is -2.31. The molecule has 216 valence electrons. The van der Waals surface area contributed by atoms with Crippen LogP contribution in [0.5, 0.6) is 0 Å². The van der Waals surface area contributed by atoms with E-state index in [-0.39, 0.29) is 29.6 Å². The van der Waals surface area contributed by atoms with E-state index in [1.807, 2.05) is 51.1 Å². The number of carbonyl (C=O) groups is 4. The predicted octanol–water partition coefficient (Wildman–Crippen LogP) is 4.67. The number of ether oxygens (including phenoxy) is 2. The minimum absolute atomic E-state index is 0.123. The monoisotopic (exact) mass is 561 g/mol. The van der Waals surface area contributed by atoms with Gasteiger partial charge in [-0.05, 0) is 42.7 Å². The molecule has 0 aromatic heterocycles. The second-order valence-electron chi connectivity index (χ2n) is 11.6. The quantitative estimate of drug-likeness (QED) is 0.265. The number of amides is 3. The van der Waals surface area contributed by atoms with Gasteiger partial charge in [0.05, 0.1) is 7.11 Å². The van der Waals surface area contributed by atoms with Crippen LogP contribution < -0.4 is 15.4 Å². The molecule has 1 aliphatic heterocycles. The summed E-state index contributed by atoms with van der Waals surface area (Å²) in [5.74, 6) is -1.09. The fraction of sp³-hybridized carbons (Fsp3) is 0.655. The molecule has 39 heavy (non-hydrogen) atoms. The highest BCUT2D eigenvalue weighted by Crippen LogP contribution is 2.36. The number of esters is 1. The van der Waals surface area contributed by atoms with Gasteiger partial charge in [0.1, 0.15) is 17.4 Å². The van der Waals surface area contributed by atoms with E-state index in [4.69, 9.17) is 9.47 Å². The SMILES string of the molecule is COC(=O)[C@H](C[C@@H]1CCNC1=O)NC(=O)[C@H](CC1CCCCC1)SNC(=O)OC(c1ccccc1)C(C)(C)C. The average Bonchev–Trinajstić information content (AvgIpc) is 3.33. The van der Waals surface area contributed by atoms with E-state index in [1.165, 1.54) is 13.5 Å². The van der Waals surface area contributed by atoms with Gasteiger partial charge in [-0.1, -0.05) is 83.2 Å². The number of methoxy groups -OCH3 is 1. The summed E-state index contributed by atoms with van der Waals surface area (Å²) in [6.45, 7) is 6.56. The van der Waals surface area contributed by atoms with Gasteiger partial charge in [0.15, 0.2) is 0 Å². The van der Waals surface area contributed by atoms with E-state index in [0.29, 0.717) is 25.3 Å². The molecule has 2 fully saturated rings. The van der Waals surface area contributed by atoms with Crippen LogP contribution in [0.2, 0.25) is 0 Å². The van der Waals surface area contributed by atoms with Crippen LogP contribution in [0.15, 0.2) is 30.3 Å².